The van der Waals surface area contributed by atoms with Crippen LogP contribution in [0.2, 0.25) is 9.36 Å². The zero-order valence-corrected chi connectivity index (χ0v) is 16.6. The van der Waals surface area contributed by atoms with Gasteiger partial charge in [0.15, 0.2) is 5.69 Å². The lowest BCUT2D eigenvalue weighted by molar-refractivity contribution is 0.0730. The summed E-state index contributed by atoms with van der Waals surface area (Å²) >= 11 is 13.9. The van der Waals surface area contributed by atoms with E-state index in [1.54, 1.807) is 16.2 Å². The van der Waals surface area contributed by atoms with E-state index in [1.165, 1.54) is 11.1 Å². The van der Waals surface area contributed by atoms with Crippen molar-refractivity contribution in [1.29, 1.82) is 0 Å². The Hall–Kier alpha value is -2.15. The molecule has 0 radical (unpaired) electrons. The van der Waals surface area contributed by atoms with Crippen LogP contribution >= 0.6 is 34.5 Å². The van der Waals surface area contributed by atoms with E-state index in [-0.39, 0.29) is 16.6 Å². The maximum absolute atomic E-state index is 13.0. The Labute approximate surface area is 171 Å². The van der Waals surface area contributed by atoms with E-state index >= 15 is 0 Å². The number of carbonyl (C=O) groups is 1. The third-order valence-electron chi connectivity index (χ3n) is 4.36. The summed E-state index contributed by atoms with van der Waals surface area (Å²) in [5, 5.41) is 3.39. The maximum Gasteiger partial charge on any atom is 0.274 e. The molecule has 3 heterocycles. The molecule has 1 amide bonds. The molecule has 1 aliphatic heterocycles. The zero-order valence-electron chi connectivity index (χ0n) is 14.3. The molecule has 27 heavy (non-hydrogen) atoms. The number of benzene rings is 1. The third kappa shape index (κ3) is 4.08. The predicted octanol–water partition coefficient (Wildman–Crippen LogP) is 4.66. The first-order valence-corrected chi connectivity index (χ1v) is 10.0. The Morgan fingerprint density at radius 2 is 2.07 bits per heavy atom. The SMILES string of the molecule is O=C(c1nc(NCc2ccccc2)ncc1Cl)N1CCc2sc(Cl)cc2C1. The van der Waals surface area contributed by atoms with Gasteiger partial charge in [-0.25, -0.2) is 9.97 Å². The highest BCUT2D eigenvalue weighted by Crippen LogP contribution is 2.32. The molecule has 0 saturated carbocycles. The highest BCUT2D eigenvalue weighted by Gasteiger charge is 2.26. The summed E-state index contributed by atoms with van der Waals surface area (Å²) in [5.41, 5.74) is 2.41. The Morgan fingerprint density at radius 1 is 1.26 bits per heavy atom. The Morgan fingerprint density at radius 3 is 2.89 bits per heavy atom. The van der Waals surface area contributed by atoms with E-state index in [0.29, 0.717) is 25.6 Å². The summed E-state index contributed by atoms with van der Waals surface area (Å²) in [5.74, 6) is 0.181. The molecule has 5 nitrogen and oxygen atoms in total. The number of hydrogen-bond acceptors (Lipinski definition) is 5. The number of aromatic nitrogens is 2. The van der Waals surface area contributed by atoms with Crippen molar-refractivity contribution >= 4 is 46.4 Å². The zero-order chi connectivity index (χ0) is 18.8. The van der Waals surface area contributed by atoms with Crippen LogP contribution in [-0.2, 0) is 19.5 Å². The van der Waals surface area contributed by atoms with Gasteiger partial charge in [0.25, 0.3) is 5.91 Å². The Kier molecular flexibility index (Phi) is 5.29. The van der Waals surface area contributed by atoms with Gasteiger partial charge in [0, 0.05) is 24.5 Å². The van der Waals surface area contributed by atoms with Crippen LogP contribution in [-0.4, -0.2) is 27.3 Å². The van der Waals surface area contributed by atoms with Crippen LogP contribution < -0.4 is 5.32 Å². The monoisotopic (exact) mass is 418 g/mol. The van der Waals surface area contributed by atoms with Crippen LogP contribution in [0.1, 0.15) is 26.5 Å². The summed E-state index contributed by atoms with van der Waals surface area (Å²) in [6.07, 6.45) is 2.26. The molecule has 1 aliphatic rings. The molecule has 1 N–H and O–H groups in total. The van der Waals surface area contributed by atoms with Gasteiger partial charge in [0.1, 0.15) is 0 Å². The van der Waals surface area contributed by atoms with Crippen molar-refractivity contribution in [3.05, 3.63) is 73.7 Å². The molecule has 138 valence electrons. The number of amides is 1. The fourth-order valence-corrected chi connectivity index (χ4v) is 4.47. The number of nitrogens with zero attached hydrogens (tertiary/aromatic N) is 3. The second-order valence-corrected chi connectivity index (χ2v) is 8.38. The standard InChI is InChI=1S/C19H16Cl2N4OS/c20-14-10-23-19(22-9-12-4-2-1-3-5-12)24-17(14)18(26)25-7-6-15-13(11-25)8-16(21)27-15/h1-5,8,10H,6-7,9,11H2,(H,22,23,24). The Bertz CT molecular complexity index is 977. The molecule has 0 unspecified atom stereocenters. The largest absolute Gasteiger partial charge is 0.350 e. The topological polar surface area (TPSA) is 58.1 Å². The maximum atomic E-state index is 13.0. The van der Waals surface area contributed by atoms with Gasteiger partial charge in [0.2, 0.25) is 5.95 Å². The van der Waals surface area contributed by atoms with Crippen molar-refractivity contribution in [3.63, 3.8) is 0 Å². The molecule has 0 bridgehead atoms. The molecule has 0 saturated heterocycles. The number of carbonyl (C=O) groups excluding carboxylic acids is 1. The van der Waals surface area contributed by atoms with E-state index < -0.39 is 0 Å². The van der Waals surface area contributed by atoms with E-state index in [9.17, 15) is 4.79 Å². The van der Waals surface area contributed by atoms with E-state index in [2.05, 4.69) is 15.3 Å². The summed E-state index contributed by atoms with van der Waals surface area (Å²) in [7, 11) is 0. The summed E-state index contributed by atoms with van der Waals surface area (Å²) < 4.78 is 0.752. The van der Waals surface area contributed by atoms with Crippen molar-refractivity contribution in [2.24, 2.45) is 0 Å². The van der Waals surface area contributed by atoms with Gasteiger partial charge in [-0.15, -0.1) is 11.3 Å². The minimum atomic E-state index is -0.196. The van der Waals surface area contributed by atoms with E-state index in [4.69, 9.17) is 23.2 Å². The lowest BCUT2D eigenvalue weighted by Crippen LogP contribution is -2.36. The molecule has 3 aromatic rings. The fourth-order valence-electron chi connectivity index (χ4n) is 3.00. The van der Waals surface area contributed by atoms with Gasteiger partial charge in [-0.05, 0) is 23.6 Å². The fraction of sp³-hybridized carbons (Fsp3) is 0.211. The quantitative estimate of drug-likeness (QED) is 0.669. The molecule has 2 aromatic heterocycles. The highest BCUT2D eigenvalue weighted by atomic mass is 35.5. The first-order chi connectivity index (χ1) is 13.1. The van der Waals surface area contributed by atoms with Gasteiger partial charge in [0.05, 0.1) is 15.6 Å². The summed E-state index contributed by atoms with van der Waals surface area (Å²) in [6.45, 7) is 1.71. The molecule has 8 heteroatoms. The average molecular weight is 419 g/mol. The van der Waals surface area contributed by atoms with Crippen LogP contribution in [0.5, 0.6) is 0 Å². The summed E-state index contributed by atoms with van der Waals surface area (Å²) in [6, 6.07) is 11.8. The van der Waals surface area contributed by atoms with Crippen molar-refractivity contribution in [2.45, 2.75) is 19.5 Å². The minimum Gasteiger partial charge on any atom is -0.350 e. The molecule has 0 aliphatic carbocycles. The lowest BCUT2D eigenvalue weighted by Gasteiger charge is -2.26. The van der Waals surface area contributed by atoms with E-state index in [1.807, 2.05) is 36.4 Å². The number of rotatable bonds is 4. The van der Waals surface area contributed by atoms with E-state index in [0.717, 1.165) is 21.9 Å². The average Bonchev–Trinajstić information content (AvgIpc) is 3.06. The third-order valence-corrected chi connectivity index (χ3v) is 6.01. The first-order valence-electron chi connectivity index (χ1n) is 8.47. The number of fused-ring (bicyclic) bond motifs is 1. The van der Waals surface area contributed by atoms with Crippen LogP contribution in [0.3, 0.4) is 0 Å². The second kappa shape index (κ2) is 7.84. The number of anilines is 1. The number of halogens is 2. The molecule has 4 rings (SSSR count). The van der Waals surface area contributed by atoms with Gasteiger partial charge >= 0.3 is 0 Å². The Balaban J connectivity index is 1.50. The predicted molar refractivity (Wildman–Crippen MR) is 109 cm³/mol. The van der Waals surface area contributed by atoms with Gasteiger partial charge < -0.3 is 10.2 Å². The van der Waals surface area contributed by atoms with Crippen LogP contribution in [0.15, 0.2) is 42.6 Å². The first kappa shape index (κ1) is 18.2. The normalized spacial score (nSPS) is 13.3. The molecular weight excluding hydrogens is 403 g/mol. The number of nitrogens with one attached hydrogen (secondary N) is 1. The van der Waals surface area contributed by atoms with Crippen molar-refractivity contribution < 1.29 is 4.79 Å². The van der Waals surface area contributed by atoms with Gasteiger partial charge in [-0.1, -0.05) is 53.5 Å². The van der Waals surface area contributed by atoms with Crippen molar-refractivity contribution in [2.75, 3.05) is 11.9 Å². The molecule has 0 atom stereocenters. The molecule has 1 aromatic carbocycles. The highest BCUT2D eigenvalue weighted by molar-refractivity contribution is 7.16. The molecule has 0 spiro atoms. The minimum absolute atomic E-state index is 0.196. The second-order valence-electron chi connectivity index (χ2n) is 6.20. The van der Waals surface area contributed by atoms with Crippen molar-refractivity contribution in [1.82, 2.24) is 14.9 Å². The molecule has 0 fully saturated rings. The van der Waals surface area contributed by atoms with Crippen LogP contribution in [0, 0.1) is 0 Å². The number of thiophene rings is 1. The lowest BCUT2D eigenvalue weighted by atomic mass is 10.1. The smallest absolute Gasteiger partial charge is 0.274 e. The number of hydrogen-bond donors (Lipinski definition) is 1. The van der Waals surface area contributed by atoms with Gasteiger partial charge in [-0.2, -0.15) is 0 Å². The van der Waals surface area contributed by atoms with Crippen molar-refractivity contribution in [3.8, 4) is 0 Å². The van der Waals surface area contributed by atoms with Crippen LogP contribution in [0.25, 0.3) is 0 Å². The van der Waals surface area contributed by atoms with Crippen LogP contribution in [0.4, 0.5) is 5.95 Å². The molecular formula is C19H16Cl2N4OS. The van der Waals surface area contributed by atoms with Gasteiger partial charge in [-0.3, -0.25) is 4.79 Å². The summed E-state index contributed by atoms with van der Waals surface area (Å²) in [4.78, 5) is 24.5.